The Morgan fingerprint density at radius 1 is 1.14 bits per heavy atom. The van der Waals surface area contributed by atoms with Crippen LogP contribution in [0, 0.1) is 5.82 Å². The van der Waals surface area contributed by atoms with E-state index in [1.54, 1.807) is 18.5 Å². The lowest BCUT2D eigenvalue weighted by molar-refractivity contribution is 0.437. The Bertz CT molecular complexity index is 730. The Morgan fingerprint density at radius 2 is 1.95 bits per heavy atom. The highest BCUT2D eigenvalue weighted by Gasteiger charge is 2.09. The Kier molecular flexibility index (Phi) is 3.39. The van der Waals surface area contributed by atoms with Crippen molar-refractivity contribution in [1.82, 2.24) is 24.7 Å². The van der Waals surface area contributed by atoms with Crippen LogP contribution in [0.3, 0.4) is 0 Å². The first-order valence-corrected chi connectivity index (χ1v) is 5.91. The topological polar surface area (TPSA) is 104 Å². The SMILES string of the molecule is NNc1nc(Oc2ccc(F)cc2)nc(-n2cccn2)n1. The van der Waals surface area contributed by atoms with E-state index in [0.29, 0.717) is 5.75 Å². The summed E-state index contributed by atoms with van der Waals surface area (Å²) in [4.78, 5) is 12.1. The monoisotopic (exact) mass is 287 g/mol. The van der Waals surface area contributed by atoms with E-state index in [1.807, 2.05) is 0 Å². The summed E-state index contributed by atoms with van der Waals surface area (Å²) in [5, 5.41) is 4.01. The second-order valence-corrected chi connectivity index (χ2v) is 3.89. The molecule has 3 aromatic rings. The number of ether oxygens (including phenoxy) is 1. The van der Waals surface area contributed by atoms with E-state index in [-0.39, 0.29) is 23.7 Å². The Labute approximate surface area is 118 Å². The summed E-state index contributed by atoms with van der Waals surface area (Å²) in [5.74, 6) is 5.70. The second-order valence-electron chi connectivity index (χ2n) is 3.89. The standard InChI is InChI=1S/C12H10FN7O/c13-8-2-4-9(5-3-8)21-12-17-10(19-14)16-11(18-12)20-7-1-6-15-20/h1-7H,14H2,(H,16,17,18,19). The second kappa shape index (κ2) is 5.51. The minimum Gasteiger partial charge on any atom is -0.424 e. The van der Waals surface area contributed by atoms with Gasteiger partial charge < -0.3 is 4.74 Å². The van der Waals surface area contributed by atoms with E-state index >= 15 is 0 Å². The zero-order valence-electron chi connectivity index (χ0n) is 10.6. The molecule has 0 spiro atoms. The van der Waals surface area contributed by atoms with Crippen LogP contribution in [0.1, 0.15) is 0 Å². The fraction of sp³-hybridized carbons (Fsp3) is 0. The van der Waals surface area contributed by atoms with E-state index in [9.17, 15) is 4.39 Å². The van der Waals surface area contributed by atoms with Crippen LogP contribution in [0.4, 0.5) is 10.3 Å². The summed E-state index contributed by atoms with van der Waals surface area (Å²) in [6.45, 7) is 0. The third kappa shape index (κ3) is 2.92. The summed E-state index contributed by atoms with van der Waals surface area (Å²) >= 11 is 0. The minimum atomic E-state index is -0.362. The lowest BCUT2D eigenvalue weighted by Crippen LogP contribution is -2.14. The molecule has 1 aromatic carbocycles. The Balaban J connectivity index is 1.94. The smallest absolute Gasteiger partial charge is 0.328 e. The highest BCUT2D eigenvalue weighted by atomic mass is 19.1. The maximum Gasteiger partial charge on any atom is 0.328 e. The molecule has 2 aromatic heterocycles. The van der Waals surface area contributed by atoms with Crippen LogP contribution in [0.25, 0.3) is 5.95 Å². The highest BCUT2D eigenvalue weighted by Crippen LogP contribution is 2.19. The van der Waals surface area contributed by atoms with Crippen molar-refractivity contribution in [1.29, 1.82) is 0 Å². The molecule has 0 aliphatic carbocycles. The van der Waals surface area contributed by atoms with Gasteiger partial charge in [-0.25, -0.2) is 14.9 Å². The van der Waals surface area contributed by atoms with Gasteiger partial charge in [-0.3, -0.25) is 5.43 Å². The number of benzene rings is 1. The number of hydrogen-bond donors (Lipinski definition) is 2. The molecule has 3 rings (SSSR count). The fourth-order valence-corrected chi connectivity index (χ4v) is 1.55. The van der Waals surface area contributed by atoms with Crippen LogP contribution in [0.2, 0.25) is 0 Å². The van der Waals surface area contributed by atoms with Crippen molar-refractivity contribution >= 4 is 5.95 Å². The zero-order chi connectivity index (χ0) is 14.7. The number of nitrogens with zero attached hydrogens (tertiary/aromatic N) is 5. The van der Waals surface area contributed by atoms with E-state index < -0.39 is 0 Å². The number of nitrogens with two attached hydrogens (primary N) is 1. The largest absolute Gasteiger partial charge is 0.424 e. The van der Waals surface area contributed by atoms with Crippen molar-refractivity contribution in [2.24, 2.45) is 5.84 Å². The first-order valence-electron chi connectivity index (χ1n) is 5.91. The number of nitrogens with one attached hydrogen (secondary N) is 1. The van der Waals surface area contributed by atoms with Gasteiger partial charge in [-0.2, -0.15) is 20.1 Å². The van der Waals surface area contributed by atoms with Crippen molar-refractivity contribution in [3.8, 4) is 17.7 Å². The molecule has 2 heterocycles. The molecule has 0 saturated carbocycles. The van der Waals surface area contributed by atoms with Crippen LogP contribution in [-0.2, 0) is 0 Å². The van der Waals surface area contributed by atoms with Gasteiger partial charge >= 0.3 is 6.01 Å². The van der Waals surface area contributed by atoms with E-state index in [0.717, 1.165) is 0 Å². The van der Waals surface area contributed by atoms with Gasteiger partial charge in [-0.05, 0) is 30.3 Å². The van der Waals surface area contributed by atoms with Crippen LogP contribution in [0.5, 0.6) is 11.8 Å². The van der Waals surface area contributed by atoms with Crippen LogP contribution in [-0.4, -0.2) is 24.7 Å². The van der Waals surface area contributed by atoms with Gasteiger partial charge in [0.1, 0.15) is 11.6 Å². The van der Waals surface area contributed by atoms with Crippen LogP contribution in [0.15, 0.2) is 42.7 Å². The maximum atomic E-state index is 12.9. The summed E-state index contributed by atoms with van der Waals surface area (Å²) in [6, 6.07) is 7.19. The number of halogens is 1. The van der Waals surface area contributed by atoms with E-state index in [4.69, 9.17) is 10.6 Å². The molecule has 0 saturated heterocycles. The molecule has 3 N–H and O–H groups in total. The molecule has 0 aliphatic heterocycles. The molecule has 106 valence electrons. The normalized spacial score (nSPS) is 10.4. The molecule has 0 unspecified atom stereocenters. The van der Waals surface area contributed by atoms with Crippen molar-refractivity contribution in [3.63, 3.8) is 0 Å². The van der Waals surface area contributed by atoms with Gasteiger partial charge in [0.25, 0.3) is 5.95 Å². The molecule has 21 heavy (non-hydrogen) atoms. The van der Waals surface area contributed by atoms with Gasteiger partial charge in [0.05, 0.1) is 0 Å². The summed E-state index contributed by atoms with van der Waals surface area (Å²) in [6.07, 6.45) is 3.25. The zero-order valence-corrected chi connectivity index (χ0v) is 10.6. The van der Waals surface area contributed by atoms with Crippen molar-refractivity contribution in [2.45, 2.75) is 0 Å². The van der Waals surface area contributed by atoms with Crippen molar-refractivity contribution in [2.75, 3.05) is 5.43 Å². The highest BCUT2D eigenvalue weighted by molar-refractivity contribution is 5.31. The van der Waals surface area contributed by atoms with Crippen LogP contribution >= 0.6 is 0 Å². The first-order chi connectivity index (χ1) is 10.2. The molecular weight excluding hydrogens is 277 g/mol. The predicted octanol–water partition coefficient (Wildman–Crippen LogP) is 1.27. The van der Waals surface area contributed by atoms with E-state index in [2.05, 4.69) is 25.5 Å². The van der Waals surface area contributed by atoms with Gasteiger partial charge in [-0.1, -0.05) is 0 Å². The molecule has 0 radical (unpaired) electrons. The fourth-order valence-electron chi connectivity index (χ4n) is 1.55. The number of rotatable bonds is 4. The van der Waals surface area contributed by atoms with Gasteiger partial charge in [-0.15, -0.1) is 0 Å². The molecule has 0 fully saturated rings. The van der Waals surface area contributed by atoms with Gasteiger partial charge in [0.15, 0.2) is 0 Å². The maximum absolute atomic E-state index is 12.9. The molecule has 0 bridgehead atoms. The predicted molar refractivity (Wildman–Crippen MR) is 71.2 cm³/mol. The number of aromatic nitrogens is 5. The number of hydrogen-bond acceptors (Lipinski definition) is 7. The number of nitrogen functional groups attached to an aromatic ring is 1. The van der Waals surface area contributed by atoms with Gasteiger partial charge in [0, 0.05) is 12.4 Å². The molecule has 9 heteroatoms. The van der Waals surface area contributed by atoms with Crippen molar-refractivity contribution < 1.29 is 9.13 Å². The lowest BCUT2D eigenvalue weighted by atomic mass is 10.3. The Hall–Kier alpha value is -3.07. The quantitative estimate of drug-likeness (QED) is 0.550. The number of hydrazine groups is 1. The number of anilines is 1. The lowest BCUT2D eigenvalue weighted by Gasteiger charge is -2.07. The summed E-state index contributed by atoms with van der Waals surface area (Å²) in [7, 11) is 0. The average Bonchev–Trinajstić information content (AvgIpc) is 3.04. The average molecular weight is 287 g/mol. The minimum absolute atomic E-state index is 0.00931. The Morgan fingerprint density at radius 3 is 2.62 bits per heavy atom. The molecule has 0 amide bonds. The molecular formula is C12H10FN7O. The molecule has 0 aliphatic rings. The summed E-state index contributed by atoms with van der Waals surface area (Å²) in [5.41, 5.74) is 2.32. The third-order valence-corrected chi connectivity index (χ3v) is 2.46. The third-order valence-electron chi connectivity index (χ3n) is 2.46. The van der Waals surface area contributed by atoms with Crippen LogP contribution < -0.4 is 16.0 Å². The van der Waals surface area contributed by atoms with E-state index in [1.165, 1.54) is 28.9 Å². The first kappa shape index (κ1) is 12.9. The molecule has 8 nitrogen and oxygen atoms in total. The van der Waals surface area contributed by atoms with Gasteiger partial charge in [0.2, 0.25) is 5.95 Å². The molecule has 0 atom stereocenters. The van der Waals surface area contributed by atoms with Crippen molar-refractivity contribution in [3.05, 3.63) is 48.5 Å². The summed E-state index contributed by atoms with van der Waals surface area (Å²) < 4.78 is 19.7.